The number of nitrogens with one attached hydrogen (secondary N) is 2. The monoisotopic (exact) mass is 371 g/mol. The third kappa shape index (κ3) is 2.77. The maximum absolute atomic E-state index is 13.2. The molecule has 0 amide bonds. The maximum atomic E-state index is 13.2. The molecule has 1 aromatic heterocycles. The van der Waals surface area contributed by atoms with E-state index in [2.05, 4.69) is 9.97 Å². The number of fused-ring (bicyclic) bond motifs is 1. The Bertz CT molecular complexity index is 1180. The van der Waals surface area contributed by atoms with E-state index in [-0.39, 0.29) is 16.3 Å². The predicted octanol–water partition coefficient (Wildman–Crippen LogP) is 1.74. The van der Waals surface area contributed by atoms with Gasteiger partial charge in [-0.3, -0.25) is 9.78 Å². The molecule has 8 heteroatoms. The lowest BCUT2D eigenvalue weighted by molar-refractivity contribution is 0.397. The van der Waals surface area contributed by atoms with Crippen LogP contribution in [-0.4, -0.2) is 29.2 Å². The van der Waals surface area contributed by atoms with Crippen LogP contribution in [-0.2, 0) is 10.0 Å². The zero-order chi connectivity index (χ0) is 18.3. The van der Waals surface area contributed by atoms with Gasteiger partial charge in [0.15, 0.2) is 0 Å². The molecule has 1 aliphatic heterocycles. The summed E-state index contributed by atoms with van der Waals surface area (Å²) >= 11 is 0. The van der Waals surface area contributed by atoms with Gasteiger partial charge in [0, 0.05) is 6.54 Å². The van der Waals surface area contributed by atoms with Crippen LogP contribution in [0.3, 0.4) is 0 Å². The van der Waals surface area contributed by atoms with Crippen molar-refractivity contribution in [1.29, 1.82) is 0 Å². The number of aromatic nitrogens is 2. The van der Waals surface area contributed by atoms with Gasteiger partial charge in [-0.15, -0.1) is 0 Å². The molecule has 0 saturated carbocycles. The molecule has 26 heavy (non-hydrogen) atoms. The summed E-state index contributed by atoms with van der Waals surface area (Å²) in [6.45, 7) is 0.432. The SMILES string of the molecule is O=c1[nH]c(=O)c2cc(S(=O)(=O)N3CCCC3c3ccccc3)ccc2[nH]1. The van der Waals surface area contributed by atoms with Crippen LogP contribution < -0.4 is 11.2 Å². The fourth-order valence-corrected chi connectivity index (χ4v) is 5.19. The average molecular weight is 371 g/mol. The van der Waals surface area contributed by atoms with Gasteiger partial charge < -0.3 is 4.98 Å². The molecule has 0 radical (unpaired) electrons. The Kier molecular flexibility index (Phi) is 4.01. The van der Waals surface area contributed by atoms with E-state index in [1.807, 2.05) is 30.3 Å². The predicted molar refractivity (Wildman–Crippen MR) is 97.5 cm³/mol. The second-order valence-electron chi connectivity index (χ2n) is 6.30. The standard InChI is InChI=1S/C18H17N3O4S/c22-17-14-11-13(8-9-15(14)19-18(23)20-17)26(24,25)21-10-4-7-16(21)12-5-2-1-3-6-12/h1-3,5-6,8-9,11,16H,4,7,10H2,(H2,19,20,22,23). The topological polar surface area (TPSA) is 103 Å². The number of hydrogen-bond donors (Lipinski definition) is 2. The second-order valence-corrected chi connectivity index (χ2v) is 8.19. The lowest BCUT2D eigenvalue weighted by Gasteiger charge is -2.24. The lowest BCUT2D eigenvalue weighted by Crippen LogP contribution is -2.31. The molecule has 0 spiro atoms. The molecule has 0 bridgehead atoms. The Morgan fingerprint density at radius 2 is 1.77 bits per heavy atom. The Balaban J connectivity index is 1.80. The van der Waals surface area contributed by atoms with E-state index < -0.39 is 21.3 Å². The molecular formula is C18H17N3O4S. The van der Waals surface area contributed by atoms with Gasteiger partial charge in [0.05, 0.1) is 21.8 Å². The highest BCUT2D eigenvalue weighted by molar-refractivity contribution is 7.89. The van der Waals surface area contributed by atoms with Crippen molar-refractivity contribution in [3.05, 3.63) is 74.9 Å². The first-order valence-electron chi connectivity index (χ1n) is 8.30. The molecular weight excluding hydrogens is 354 g/mol. The van der Waals surface area contributed by atoms with Crippen LogP contribution in [0, 0.1) is 0 Å². The summed E-state index contributed by atoms with van der Waals surface area (Å²) in [4.78, 5) is 28.0. The van der Waals surface area contributed by atoms with Crippen molar-refractivity contribution in [2.75, 3.05) is 6.54 Å². The van der Waals surface area contributed by atoms with Crippen molar-refractivity contribution in [2.24, 2.45) is 0 Å². The van der Waals surface area contributed by atoms with Gasteiger partial charge in [-0.25, -0.2) is 13.2 Å². The van der Waals surface area contributed by atoms with Crippen LogP contribution in [0.4, 0.5) is 0 Å². The first kappa shape index (κ1) is 16.7. The minimum atomic E-state index is -3.77. The van der Waals surface area contributed by atoms with Crippen LogP contribution >= 0.6 is 0 Å². The second kappa shape index (κ2) is 6.22. The minimum absolute atomic E-state index is 0.0466. The summed E-state index contributed by atoms with van der Waals surface area (Å²) in [5.41, 5.74) is 0.0268. The van der Waals surface area contributed by atoms with E-state index in [1.54, 1.807) is 0 Å². The van der Waals surface area contributed by atoms with E-state index in [0.29, 0.717) is 12.1 Å². The molecule has 7 nitrogen and oxygen atoms in total. The summed E-state index contributed by atoms with van der Waals surface area (Å²) in [5.74, 6) is 0. The summed E-state index contributed by atoms with van der Waals surface area (Å²) in [5, 5.41) is 0.140. The quantitative estimate of drug-likeness (QED) is 0.732. The van der Waals surface area contributed by atoms with Gasteiger partial charge in [0.25, 0.3) is 5.56 Å². The van der Waals surface area contributed by atoms with Crippen LogP contribution in [0.1, 0.15) is 24.4 Å². The number of nitrogens with zero attached hydrogens (tertiary/aromatic N) is 1. The van der Waals surface area contributed by atoms with E-state index in [1.165, 1.54) is 22.5 Å². The summed E-state index contributed by atoms with van der Waals surface area (Å²) in [6, 6.07) is 13.5. The molecule has 1 fully saturated rings. The Hall–Kier alpha value is -2.71. The van der Waals surface area contributed by atoms with Crippen LogP contribution in [0.5, 0.6) is 0 Å². The van der Waals surface area contributed by atoms with Crippen molar-refractivity contribution in [3.63, 3.8) is 0 Å². The smallest absolute Gasteiger partial charge is 0.307 e. The van der Waals surface area contributed by atoms with Crippen molar-refractivity contribution in [3.8, 4) is 0 Å². The molecule has 2 heterocycles. The highest BCUT2D eigenvalue weighted by Gasteiger charge is 2.36. The first-order chi connectivity index (χ1) is 12.5. The number of benzene rings is 2. The van der Waals surface area contributed by atoms with E-state index in [9.17, 15) is 18.0 Å². The first-order valence-corrected chi connectivity index (χ1v) is 9.74. The molecule has 2 N–H and O–H groups in total. The summed E-state index contributed by atoms with van der Waals surface area (Å²) in [6.07, 6.45) is 1.53. The molecule has 1 aliphatic rings. The van der Waals surface area contributed by atoms with Crippen LogP contribution in [0.2, 0.25) is 0 Å². The van der Waals surface area contributed by atoms with Crippen molar-refractivity contribution in [2.45, 2.75) is 23.8 Å². The number of rotatable bonds is 3. The van der Waals surface area contributed by atoms with Gasteiger partial charge in [0.1, 0.15) is 0 Å². The highest BCUT2D eigenvalue weighted by Crippen LogP contribution is 2.36. The summed E-state index contributed by atoms with van der Waals surface area (Å²) in [7, 11) is -3.77. The number of H-pyrrole nitrogens is 2. The third-order valence-corrected chi connectivity index (χ3v) is 6.61. The lowest BCUT2D eigenvalue weighted by atomic mass is 10.1. The summed E-state index contributed by atoms with van der Waals surface area (Å²) < 4.78 is 27.9. The number of sulfonamides is 1. The Labute approximate surface area is 149 Å². The average Bonchev–Trinajstić information content (AvgIpc) is 3.12. The third-order valence-electron chi connectivity index (χ3n) is 4.71. The Morgan fingerprint density at radius 1 is 1.00 bits per heavy atom. The molecule has 1 unspecified atom stereocenters. The molecule has 0 aliphatic carbocycles. The highest BCUT2D eigenvalue weighted by atomic mass is 32.2. The van der Waals surface area contributed by atoms with Gasteiger partial charge in [-0.1, -0.05) is 30.3 Å². The van der Waals surface area contributed by atoms with Crippen molar-refractivity contribution < 1.29 is 8.42 Å². The molecule has 3 aromatic rings. The molecule has 134 valence electrons. The van der Waals surface area contributed by atoms with Gasteiger partial charge in [-0.05, 0) is 36.6 Å². The van der Waals surface area contributed by atoms with Crippen molar-refractivity contribution in [1.82, 2.24) is 14.3 Å². The minimum Gasteiger partial charge on any atom is -0.307 e. The Morgan fingerprint density at radius 3 is 2.54 bits per heavy atom. The largest absolute Gasteiger partial charge is 0.326 e. The van der Waals surface area contributed by atoms with Gasteiger partial charge >= 0.3 is 5.69 Å². The normalized spacial score (nSPS) is 18.4. The van der Waals surface area contributed by atoms with Crippen LogP contribution in [0.25, 0.3) is 10.9 Å². The zero-order valence-electron chi connectivity index (χ0n) is 13.8. The van der Waals surface area contributed by atoms with E-state index in [0.717, 1.165) is 18.4 Å². The fraction of sp³-hybridized carbons (Fsp3) is 0.222. The maximum Gasteiger partial charge on any atom is 0.326 e. The number of aromatic amines is 2. The number of hydrogen-bond acceptors (Lipinski definition) is 4. The van der Waals surface area contributed by atoms with Gasteiger partial charge in [0.2, 0.25) is 10.0 Å². The van der Waals surface area contributed by atoms with Gasteiger partial charge in [-0.2, -0.15) is 4.31 Å². The molecule has 1 atom stereocenters. The van der Waals surface area contributed by atoms with Crippen LogP contribution in [0.15, 0.2) is 63.0 Å². The molecule has 4 rings (SSSR count). The molecule has 2 aromatic carbocycles. The van der Waals surface area contributed by atoms with Crippen molar-refractivity contribution >= 4 is 20.9 Å². The molecule has 1 saturated heterocycles. The fourth-order valence-electron chi connectivity index (χ4n) is 3.48. The van der Waals surface area contributed by atoms with E-state index >= 15 is 0 Å². The van der Waals surface area contributed by atoms with E-state index in [4.69, 9.17) is 0 Å². The zero-order valence-corrected chi connectivity index (χ0v) is 14.6.